The van der Waals surface area contributed by atoms with Crippen LogP contribution in [0.1, 0.15) is 0 Å². The molecule has 166 valence electrons. The fourth-order valence-electron chi connectivity index (χ4n) is 2.88. The van der Waals surface area contributed by atoms with Crippen LogP contribution >= 0.6 is 0 Å². The first-order valence-corrected chi connectivity index (χ1v) is 23.8. The van der Waals surface area contributed by atoms with Gasteiger partial charge in [0.2, 0.25) is 0 Å². The van der Waals surface area contributed by atoms with Gasteiger partial charge in [-0.25, -0.2) is 4.79 Å². The van der Waals surface area contributed by atoms with Crippen molar-refractivity contribution in [1.82, 2.24) is 0 Å². The van der Waals surface area contributed by atoms with Crippen LogP contribution in [0.2, 0.25) is 78.6 Å². The monoisotopic (exact) mass is 466 g/mol. The van der Waals surface area contributed by atoms with Gasteiger partial charge in [0.15, 0.2) is 45.5 Å². The summed E-state index contributed by atoms with van der Waals surface area (Å²) in [5, 5.41) is 0. The lowest BCUT2D eigenvalue weighted by Crippen LogP contribution is -2.53. The number of carbonyl (C=O) groups excluding carboxylic acids is 1. The molecule has 0 aromatic carbocycles. The first-order valence-electron chi connectivity index (χ1n) is 10.2. The molecule has 0 aromatic heterocycles. The van der Waals surface area contributed by atoms with E-state index in [0.29, 0.717) is 6.61 Å². The number of carbonyl (C=O) groups is 1. The molecule has 0 bridgehead atoms. The number of rotatable bonds is 10. The van der Waals surface area contributed by atoms with Crippen molar-refractivity contribution in [3.63, 3.8) is 0 Å². The normalized spacial score (nSPS) is 25.7. The Morgan fingerprint density at radius 3 is 1.68 bits per heavy atom. The molecule has 28 heavy (non-hydrogen) atoms. The summed E-state index contributed by atoms with van der Waals surface area (Å²) in [5.41, 5.74) is 0. The van der Waals surface area contributed by atoms with Crippen molar-refractivity contribution >= 4 is 39.2 Å². The molecule has 1 aliphatic heterocycles. The van der Waals surface area contributed by atoms with Crippen LogP contribution in [-0.2, 0) is 27.2 Å². The molecule has 10 heteroatoms. The van der Waals surface area contributed by atoms with Crippen LogP contribution in [-0.4, -0.2) is 70.3 Å². The molecular weight excluding hydrogens is 425 g/mol. The van der Waals surface area contributed by atoms with Crippen LogP contribution in [0.15, 0.2) is 0 Å². The largest absolute Gasteiger partial charge is 0.455 e. The van der Waals surface area contributed by atoms with Crippen LogP contribution in [0.25, 0.3) is 0 Å². The molecule has 0 aromatic rings. The molecule has 1 heterocycles. The fourth-order valence-corrected chi connectivity index (χ4v) is 6.72. The summed E-state index contributed by atoms with van der Waals surface area (Å²) in [7, 11) is -7.56. The maximum Gasteiger partial charge on any atom is 0.337 e. The SMILES string of the molecule is C[Si](C)(C)OC[C@@H](O[Si](C)(C)C)[C@H]1OC(=O)[C@H](O[Si](C)(C)C)[C@@H]1O[Si](C)(C)C. The standard InChI is InChI=1S/C18H42O6Si4/c1-25(2,3)20-13-14(22-26(4,5)6)15-16(23-27(7,8)9)17(18(19)21-15)24-28(10,11)12/h14-17H,13H2,1-12H3/t14-,15-,16-,17-/m1/s1. The van der Waals surface area contributed by atoms with Crippen molar-refractivity contribution < 1.29 is 27.2 Å². The maximum absolute atomic E-state index is 12.8. The number of hydrogen-bond acceptors (Lipinski definition) is 6. The number of ether oxygens (including phenoxy) is 1. The second-order valence-electron chi connectivity index (χ2n) is 11.4. The van der Waals surface area contributed by atoms with Gasteiger partial charge in [-0.05, 0) is 78.6 Å². The van der Waals surface area contributed by atoms with Crippen molar-refractivity contribution in [2.45, 2.75) is 103 Å². The number of cyclic esters (lactones) is 1. The fraction of sp³-hybridized carbons (Fsp3) is 0.944. The van der Waals surface area contributed by atoms with Gasteiger partial charge in [0, 0.05) is 0 Å². The molecule has 0 N–H and O–H groups in total. The zero-order valence-corrected chi connectivity index (χ0v) is 24.0. The molecule has 6 nitrogen and oxygen atoms in total. The third-order valence-electron chi connectivity index (χ3n) is 3.63. The summed E-state index contributed by atoms with van der Waals surface area (Å²) in [6.07, 6.45) is -2.01. The van der Waals surface area contributed by atoms with Gasteiger partial charge in [-0.1, -0.05) is 0 Å². The van der Waals surface area contributed by atoms with Crippen molar-refractivity contribution in [1.29, 1.82) is 0 Å². The van der Waals surface area contributed by atoms with E-state index in [-0.39, 0.29) is 12.1 Å². The second kappa shape index (κ2) is 9.12. The zero-order chi connectivity index (χ0) is 22.1. The summed E-state index contributed by atoms with van der Waals surface area (Å²) >= 11 is 0. The van der Waals surface area contributed by atoms with E-state index in [2.05, 4.69) is 78.6 Å². The van der Waals surface area contributed by atoms with Gasteiger partial charge in [-0.2, -0.15) is 0 Å². The van der Waals surface area contributed by atoms with E-state index in [0.717, 1.165) is 0 Å². The molecule has 1 fully saturated rings. The van der Waals surface area contributed by atoms with Crippen LogP contribution in [0, 0.1) is 0 Å². The predicted molar refractivity (Wildman–Crippen MR) is 124 cm³/mol. The highest BCUT2D eigenvalue weighted by Crippen LogP contribution is 2.31. The van der Waals surface area contributed by atoms with Gasteiger partial charge >= 0.3 is 5.97 Å². The van der Waals surface area contributed by atoms with Gasteiger partial charge in [-0.15, -0.1) is 0 Å². The Hall–Kier alpha value is 0.178. The predicted octanol–water partition coefficient (Wildman–Crippen LogP) is 4.42. The molecule has 0 unspecified atom stereocenters. The maximum atomic E-state index is 12.8. The highest BCUT2D eigenvalue weighted by molar-refractivity contribution is 6.71. The third kappa shape index (κ3) is 9.79. The highest BCUT2D eigenvalue weighted by Gasteiger charge is 2.53. The summed E-state index contributed by atoms with van der Waals surface area (Å²) in [6, 6.07) is 0. The Morgan fingerprint density at radius 1 is 0.786 bits per heavy atom. The van der Waals surface area contributed by atoms with Crippen LogP contribution in [0.5, 0.6) is 0 Å². The van der Waals surface area contributed by atoms with Gasteiger partial charge in [-0.3, -0.25) is 0 Å². The zero-order valence-electron chi connectivity index (χ0n) is 20.0. The molecule has 1 saturated heterocycles. The third-order valence-corrected chi connectivity index (χ3v) is 7.61. The van der Waals surface area contributed by atoms with E-state index < -0.39 is 51.6 Å². The Bertz CT molecular complexity index is 530. The molecule has 0 amide bonds. The molecule has 1 rings (SSSR count). The average molecular weight is 467 g/mol. The van der Waals surface area contributed by atoms with E-state index in [9.17, 15) is 4.79 Å². The first kappa shape index (κ1) is 26.2. The van der Waals surface area contributed by atoms with Gasteiger partial charge < -0.3 is 22.4 Å². The van der Waals surface area contributed by atoms with Crippen molar-refractivity contribution in [2.75, 3.05) is 6.61 Å². The topological polar surface area (TPSA) is 63.2 Å². The van der Waals surface area contributed by atoms with Crippen LogP contribution in [0.4, 0.5) is 0 Å². The average Bonchev–Trinajstić information content (AvgIpc) is 2.66. The minimum atomic E-state index is -1.96. The molecule has 0 saturated carbocycles. The van der Waals surface area contributed by atoms with E-state index in [4.69, 9.17) is 22.4 Å². The molecular formula is C18H42O6Si4. The first-order chi connectivity index (χ1) is 12.3. The summed E-state index contributed by atoms with van der Waals surface area (Å²) in [4.78, 5) is 12.8. The molecule has 4 atom stereocenters. The highest BCUT2D eigenvalue weighted by atomic mass is 28.4. The van der Waals surface area contributed by atoms with Gasteiger partial charge in [0.25, 0.3) is 0 Å². The van der Waals surface area contributed by atoms with Crippen LogP contribution < -0.4 is 0 Å². The smallest absolute Gasteiger partial charge is 0.337 e. The lowest BCUT2D eigenvalue weighted by atomic mass is 10.1. The Kier molecular flexibility index (Phi) is 8.54. The van der Waals surface area contributed by atoms with Crippen molar-refractivity contribution in [2.24, 2.45) is 0 Å². The molecule has 0 radical (unpaired) electrons. The lowest BCUT2D eigenvalue weighted by molar-refractivity contribution is -0.150. The van der Waals surface area contributed by atoms with Gasteiger partial charge in [0.1, 0.15) is 12.2 Å². The minimum absolute atomic E-state index is 0.340. The summed E-state index contributed by atoms with van der Waals surface area (Å²) < 4.78 is 31.1. The minimum Gasteiger partial charge on any atom is -0.455 e. The number of hydrogen-bond donors (Lipinski definition) is 0. The van der Waals surface area contributed by atoms with Crippen molar-refractivity contribution in [3.8, 4) is 0 Å². The molecule has 0 spiro atoms. The van der Waals surface area contributed by atoms with E-state index in [1.54, 1.807) is 0 Å². The Labute approximate surface area is 176 Å². The Morgan fingerprint density at radius 2 is 1.29 bits per heavy atom. The Balaban J connectivity index is 3.20. The lowest BCUT2D eigenvalue weighted by Gasteiger charge is -2.36. The molecule has 1 aliphatic rings. The molecule has 0 aliphatic carbocycles. The summed E-state index contributed by atoms with van der Waals surface area (Å²) in [5.74, 6) is -0.340. The second-order valence-corrected chi connectivity index (χ2v) is 29.3. The number of esters is 1. The van der Waals surface area contributed by atoms with E-state index >= 15 is 0 Å². The van der Waals surface area contributed by atoms with Gasteiger partial charge in [0.05, 0.1) is 6.61 Å². The quantitative estimate of drug-likeness (QED) is 0.351. The summed E-state index contributed by atoms with van der Waals surface area (Å²) in [6.45, 7) is 25.8. The van der Waals surface area contributed by atoms with E-state index in [1.165, 1.54) is 0 Å². The van der Waals surface area contributed by atoms with Crippen molar-refractivity contribution in [3.05, 3.63) is 0 Å². The van der Waals surface area contributed by atoms with Crippen LogP contribution in [0.3, 0.4) is 0 Å². The van der Waals surface area contributed by atoms with E-state index in [1.807, 2.05) is 0 Å².